The number of rotatable bonds is 6. The molecule has 1 aliphatic rings. The number of aryl methyl sites for hydroxylation is 1. The van der Waals surface area contributed by atoms with E-state index < -0.39 is 6.17 Å². The van der Waals surface area contributed by atoms with Gasteiger partial charge in [0.15, 0.2) is 0 Å². The summed E-state index contributed by atoms with van der Waals surface area (Å²) in [6.45, 7) is 1.84. The number of nitrogens with one attached hydrogen (secondary N) is 1. The molecule has 8 heteroatoms. The third-order valence-corrected chi connectivity index (χ3v) is 7.36. The number of likely N-dealkylation sites (tertiary alicyclic amines) is 1. The molecule has 4 aromatic rings. The van der Waals surface area contributed by atoms with Crippen LogP contribution in [0.3, 0.4) is 0 Å². The number of benzene rings is 1. The van der Waals surface area contributed by atoms with Crippen molar-refractivity contribution in [2.45, 2.75) is 25.1 Å². The second kappa shape index (κ2) is 10.3. The summed E-state index contributed by atoms with van der Waals surface area (Å²) in [6, 6.07) is 15.6. The number of amides is 1. The predicted octanol–water partition coefficient (Wildman–Crippen LogP) is 4.71. The van der Waals surface area contributed by atoms with E-state index >= 15 is 4.39 Å². The van der Waals surface area contributed by atoms with Crippen molar-refractivity contribution in [1.29, 1.82) is 0 Å². The fourth-order valence-corrected chi connectivity index (χ4v) is 5.22. The van der Waals surface area contributed by atoms with E-state index in [-0.39, 0.29) is 11.8 Å². The largest absolute Gasteiger partial charge is 0.373 e. The van der Waals surface area contributed by atoms with Crippen LogP contribution in [-0.2, 0) is 13.6 Å². The van der Waals surface area contributed by atoms with Gasteiger partial charge in [0.2, 0.25) is 0 Å². The lowest BCUT2D eigenvalue weighted by Gasteiger charge is -2.35. The molecule has 1 aliphatic heterocycles. The van der Waals surface area contributed by atoms with E-state index in [0.29, 0.717) is 18.7 Å². The first-order valence-electron chi connectivity index (χ1n) is 12.6. The van der Waals surface area contributed by atoms with Crippen LogP contribution < -0.4 is 5.32 Å². The van der Waals surface area contributed by atoms with Crippen LogP contribution in [-0.4, -0.2) is 70.6 Å². The minimum atomic E-state index is -0.968. The lowest BCUT2D eigenvalue weighted by atomic mass is 9.87. The molecule has 1 fully saturated rings. The number of nitrogens with zero attached hydrogens (tertiary/aromatic N) is 5. The highest BCUT2D eigenvalue weighted by Crippen LogP contribution is 2.33. The monoisotopic (exact) mass is 500 g/mol. The van der Waals surface area contributed by atoms with Crippen molar-refractivity contribution in [3.05, 3.63) is 77.7 Å². The van der Waals surface area contributed by atoms with Crippen LogP contribution in [0.5, 0.6) is 0 Å². The first-order chi connectivity index (χ1) is 17.9. The van der Waals surface area contributed by atoms with Crippen molar-refractivity contribution in [2.24, 2.45) is 7.05 Å². The number of piperidine rings is 1. The molecule has 37 heavy (non-hydrogen) atoms. The van der Waals surface area contributed by atoms with E-state index in [9.17, 15) is 4.79 Å². The SMILES string of the molecule is CNc1ccc(-c2ccnc3c2cc(CN2CC[C@@H](c4ccc(C(=O)N(C)C)cc4)[C@H](F)C2)n3C)cn1. The van der Waals surface area contributed by atoms with Crippen LogP contribution in [0, 0.1) is 0 Å². The Morgan fingerprint density at radius 3 is 2.57 bits per heavy atom. The zero-order chi connectivity index (χ0) is 26.1. The van der Waals surface area contributed by atoms with Crippen molar-refractivity contribution in [3.63, 3.8) is 0 Å². The maximum Gasteiger partial charge on any atom is 0.253 e. The lowest BCUT2D eigenvalue weighted by molar-refractivity contribution is 0.0827. The summed E-state index contributed by atoms with van der Waals surface area (Å²) in [7, 11) is 7.33. The maximum absolute atomic E-state index is 15.4. The Bertz CT molecular complexity index is 1400. The van der Waals surface area contributed by atoms with Gasteiger partial charge in [-0.3, -0.25) is 9.69 Å². The molecule has 0 saturated carbocycles. The van der Waals surface area contributed by atoms with Crippen molar-refractivity contribution in [1.82, 2.24) is 24.3 Å². The molecule has 0 radical (unpaired) electrons. The van der Waals surface area contributed by atoms with Crippen LogP contribution in [0.1, 0.15) is 34.0 Å². The molecule has 3 aromatic heterocycles. The molecule has 2 atom stereocenters. The fraction of sp³-hybridized carbons (Fsp3) is 0.345. The number of hydrogen-bond acceptors (Lipinski definition) is 5. The van der Waals surface area contributed by atoms with Gasteiger partial charge in [-0.2, -0.15) is 0 Å². The average molecular weight is 501 g/mol. The van der Waals surface area contributed by atoms with Crippen molar-refractivity contribution in [3.8, 4) is 11.1 Å². The van der Waals surface area contributed by atoms with Crippen molar-refractivity contribution in [2.75, 3.05) is 39.5 Å². The summed E-state index contributed by atoms with van der Waals surface area (Å²) in [4.78, 5) is 25.0. The summed E-state index contributed by atoms with van der Waals surface area (Å²) in [5, 5.41) is 4.12. The Hall–Kier alpha value is -3.78. The number of hydrogen-bond donors (Lipinski definition) is 1. The Morgan fingerprint density at radius 1 is 1.14 bits per heavy atom. The molecule has 4 heterocycles. The van der Waals surface area contributed by atoms with Crippen LogP contribution in [0.25, 0.3) is 22.2 Å². The van der Waals surface area contributed by atoms with Crippen LogP contribution in [0.15, 0.2) is 60.9 Å². The zero-order valence-electron chi connectivity index (χ0n) is 21.8. The van der Waals surface area contributed by atoms with Crippen molar-refractivity contribution >= 4 is 22.8 Å². The molecule has 0 bridgehead atoms. The van der Waals surface area contributed by atoms with Crippen LogP contribution >= 0.6 is 0 Å². The lowest BCUT2D eigenvalue weighted by Crippen LogP contribution is -2.40. The van der Waals surface area contributed by atoms with E-state index in [1.165, 1.54) is 0 Å². The summed E-state index contributed by atoms with van der Waals surface area (Å²) in [5.74, 6) is 0.621. The van der Waals surface area contributed by atoms with Gasteiger partial charge in [-0.05, 0) is 60.5 Å². The molecule has 0 aliphatic carbocycles. The third-order valence-electron chi connectivity index (χ3n) is 7.36. The molecule has 1 aromatic carbocycles. The van der Waals surface area contributed by atoms with E-state index in [2.05, 4.69) is 36.9 Å². The highest BCUT2D eigenvalue weighted by Gasteiger charge is 2.31. The van der Waals surface area contributed by atoms with Crippen LogP contribution in [0.2, 0.25) is 0 Å². The average Bonchev–Trinajstić information content (AvgIpc) is 3.23. The molecule has 1 saturated heterocycles. The molecular formula is C29H33FN6O. The van der Waals surface area contributed by atoms with Gasteiger partial charge in [-0.25, -0.2) is 14.4 Å². The van der Waals surface area contributed by atoms with E-state index in [1.54, 1.807) is 31.1 Å². The molecule has 192 valence electrons. The minimum absolute atomic E-state index is 0.0444. The second-order valence-corrected chi connectivity index (χ2v) is 9.94. The zero-order valence-corrected chi connectivity index (χ0v) is 21.8. The first-order valence-corrected chi connectivity index (χ1v) is 12.6. The van der Waals surface area contributed by atoms with E-state index in [0.717, 1.165) is 52.2 Å². The number of anilines is 1. The Kier molecular flexibility index (Phi) is 6.93. The van der Waals surface area contributed by atoms with Gasteiger partial charge in [0.25, 0.3) is 5.91 Å². The number of fused-ring (bicyclic) bond motifs is 1. The number of carbonyl (C=O) groups excluding carboxylic acids is 1. The number of carbonyl (C=O) groups is 1. The molecule has 0 unspecified atom stereocenters. The molecule has 0 spiro atoms. The minimum Gasteiger partial charge on any atom is -0.373 e. The van der Waals surface area contributed by atoms with Gasteiger partial charge in [-0.1, -0.05) is 12.1 Å². The normalized spacial score (nSPS) is 18.2. The summed E-state index contributed by atoms with van der Waals surface area (Å²) < 4.78 is 17.5. The Morgan fingerprint density at radius 2 is 1.92 bits per heavy atom. The second-order valence-electron chi connectivity index (χ2n) is 9.94. The molecule has 5 rings (SSSR count). The molecule has 1 amide bonds. The predicted molar refractivity (Wildman–Crippen MR) is 145 cm³/mol. The highest BCUT2D eigenvalue weighted by atomic mass is 19.1. The maximum atomic E-state index is 15.4. The quantitative estimate of drug-likeness (QED) is 0.416. The van der Waals surface area contributed by atoms with Gasteiger partial charge in [0.05, 0.1) is 0 Å². The topological polar surface area (TPSA) is 66.3 Å². The van der Waals surface area contributed by atoms with E-state index in [4.69, 9.17) is 0 Å². The number of halogens is 1. The highest BCUT2D eigenvalue weighted by molar-refractivity contribution is 5.94. The van der Waals surface area contributed by atoms with Gasteiger partial charge >= 0.3 is 0 Å². The van der Waals surface area contributed by atoms with Gasteiger partial charge < -0.3 is 14.8 Å². The summed E-state index contributed by atoms with van der Waals surface area (Å²) in [5.41, 5.74) is 5.71. The Labute approximate surface area is 216 Å². The van der Waals surface area contributed by atoms with Crippen molar-refractivity contribution < 1.29 is 9.18 Å². The number of alkyl halides is 1. The Balaban J connectivity index is 1.31. The van der Waals surface area contributed by atoms with Gasteiger partial charge in [0, 0.05) is 81.8 Å². The molecule has 7 nitrogen and oxygen atoms in total. The number of pyridine rings is 2. The smallest absolute Gasteiger partial charge is 0.253 e. The standard InChI is InChI=1S/C29H33FN6O/c1-31-27-10-9-21(16-33-27)23-11-13-32-28-25(23)15-22(35(28)4)17-36-14-12-24(26(30)18-36)19-5-7-20(8-6-19)29(37)34(2)3/h5-11,13,15-16,24,26H,12,14,17-18H2,1-4H3,(H,31,33)/t24-,26+/m0/s1. The molecular weight excluding hydrogens is 467 g/mol. The summed E-state index contributed by atoms with van der Waals surface area (Å²) in [6.07, 6.45) is 3.46. The van der Waals surface area contributed by atoms with E-state index in [1.807, 2.05) is 50.8 Å². The molecule has 1 N–H and O–H groups in total. The van der Waals surface area contributed by atoms with Crippen LogP contribution in [0.4, 0.5) is 10.2 Å². The third kappa shape index (κ3) is 4.93. The van der Waals surface area contributed by atoms with Gasteiger partial charge in [0.1, 0.15) is 17.6 Å². The fourth-order valence-electron chi connectivity index (χ4n) is 5.22. The van der Waals surface area contributed by atoms with Gasteiger partial charge in [-0.15, -0.1) is 0 Å². The summed E-state index contributed by atoms with van der Waals surface area (Å²) >= 11 is 0. The number of aromatic nitrogens is 3. The first kappa shape index (κ1) is 24.9.